The molecule has 3 rings (SSSR count). The lowest BCUT2D eigenvalue weighted by atomic mass is 9.66. The zero-order valence-corrected chi connectivity index (χ0v) is 18.8. The summed E-state index contributed by atoms with van der Waals surface area (Å²) in [5, 5.41) is 0. The summed E-state index contributed by atoms with van der Waals surface area (Å²) in [7, 11) is 1.26. The molecule has 3 aliphatic rings. The summed E-state index contributed by atoms with van der Waals surface area (Å²) >= 11 is 0. The van der Waals surface area contributed by atoms with E-state index in [0.29, 0.717) is 54.8 Å². The Balaban J connectivity index is 2.01. The van der Waals surface area contributed by atoms with E-state index in [9.17, 15) is 19.2 Å². The number of methoxy groups -OCH3 is 1. The minimum absolute atomic E-state index is 0.00660. The highest BCUT2D eigenvalue weighted by Crippen LogP contribution is 2.51. The first-order chi connectivity index (χ1) is 13.8. The van der Waals surface area contributed by atoms with Crippen LogP contribution in [0.1, 0.15) is 73.1 Å². The average molecular weight is 417 g/mol. The van der Waals surface area contributed by atoms with E-state index in [1.54, 1.807) is 0 Å². The van der Waals surface area contributed by atoms with Gasteiger partial charge < -0.3 is 9.47 Å². The number of Topliss-reactive ketones (excluding diaryl/α,β-unsaturated/α-hetero) is 3. The molecule has 0 aromatic carbocycles. The zero-order chi connectivity index (χ0) is 22.4. The quantitative estimate of drug-likeness (QED) is 0.496. The van der Waals surface area contributed by atoms with Gasteiger partial charge in [0.1, 0.15) is 23.2 Å². The summed E-state index contributed by atoms with van der Waals surface area (Å²) in [6, 6.07) is 0. The Kier molecular flexibility index (Phi) is 5.82. The van der Waals surface area contributed by atoms with Crippen LogP contribution in [0.5, 0.6) is 0 Å². The van der Waals surface area contributed by atoms with Gasteiger partial charge in [-0.3, -0.25) is 19.2 Å². The molecule has 0 aromatic rings. The molecule has 30 heavy (non-hydrogen) atoms. The van der Waals surface area contributed by atoms with Gasteiger partial charge in [0, 0.05) is 42.7 Å². The van der Waals surface area contributed by atoms with Crippen molar-refractivity contribution in [3.63, 3.8) is 0 Å². The Bertz CT molecular complexity index is 818. The molecule has 164 valence electrons. The first-order valence-corrected chi connectivity index (χ1v) is 10.6. The minimum atomic E-state index is -0.892. The van der Waals surface area contributed by atoms with Crippen molar-refractivity contribution < 1.29 is 28.7 Å². The summed E-state index contributed by atoms with van der Waals surface area (Å²) in [4.78, 5) is 50.3. The first-order valence-electron chi connectivity index (χ1n) is 10.6. The average Bonchev–Trinajstić information content (AvgIpc) is 2.57. The Hall–Kier alpha value is -2.24. The fraction of sp³-hybridized carbons (Fsp3) is 0.667. The van der Waals surface area contributed by atoms with Crippen LogP contribution in [0.4, 0.5) is 0 Å². The number of carbonyl (C=O) groups is 4. The number of hydrogen-bond acceptors (Lipinski definition) is 6. The Morgan fingerprint density at radius 1 is 0.967 bits per heavy atom. The van der Waals surface area contributed by atoms with Gasteiger partial charge in [0.15, 0.2) is 11.6 Å². The van der Waals surface area contributed by atoms with E-state index in [4.69, 9.17) is 9.47 Å². The van der Waals surface area contributed by atoms with Crippen LogP contribution in [0.25, 0.3) is 0 Å². The second-order valence-electron chi connectivity index (χ2n) is 10.5. The molecule has 0 amide bonds. The van der Waals surface area contributed by atoms with Crippen molar-refractivity contribution in [2.24, 2.45) is 22.7 Å². The molecule has 0 saturated carbocycles. The van der Waals surface area contributed by atoms with E-state index in [1.165, 1.54) is 14.0 Å². The molecular weight excluding hydrogens is 384 g/mol. The molecule has 0 radical (unpaired) electrons. The largest absolute Gasteiger partial charge is 0.468 e. The van der Waals surface area contributed by atoms with Crippen LogP contribution in [-0.2, 0) is 28.7 Å². The summed E-state index contributed by atoms with van der Waals surface area (Å²) in [6.45, 7) is 9.52. The zero-order valence-electron chi connectivity index (χ0n) is 18.8. The van der Waals surface area contributed by atoms with E-state index in [1.807, 2.05) is 27.7 Å². The molecule has 6 heteroatoms. The number of esters is 1. The molecule has 0 aromatic heterocycles. The third-order valence-corrected chi connectivity index (χ3v) is 6.42. The Morgan fingerprint density at radius 2 is 1.43 bits per heavy atom. The third-order valence-electron chi connectivity index (χ3n) is 6.42. The van der Waals surface area contributed by atoms with Crippen LogP contribution < -0.4 is 0 Å². The van der Waals surface area contributed by atoms with E-state index >= 15 is 0 Å². The maximum absolute atomic E-state index is 13.1. The molecule has 0 N–H and O–H groups in total. The molecule has 0 bridgehead atoms. The van der Waals surface area contributed by atoms with Crippen molar-refractivity contribution in [3.05, 3.63) is 22.7 Å². The van der Waals surface area contributed by atoms with Crippen LogP contribution in [0.3, 0.4) is 0 Å². The van der Waals surface area contributed by atoms with E-state index in [2.05, 4.69) is 0 Å². The smallest absolute Gasteiger partial charge is 0.316 e. The van der Waals surface area contributed by atoms with Crippen molar-refractivity contribution in [2.45, 2.75) is 73.1 Å². The van der Waals surface area contributed by atoms with Gasteiger partial charge in [-0.2, -0.15) is 0 Å². The van der Waals surface area contributed by atoms with Gasteiger partial charge in [0.2, 0.25) is 0 Å². The third kappa shape index (κ3) is 4.28. The summed E-state index contributed by atoms with van der Waals surface area (Å²) < 4.78 is 11.0. The summed E-state index contributed by atoms with van der Waals surface area (Å²) in [6.07, 6.45) is 2.63. The van der Waals surface area contributed by atoms with Crippen molar-refractivity contribution in [3.8, 4) is 0 Å². The standard InChI is InChI=1S/C24H32O6/c1-13(25)14(22(28)29-6)7-8-15-20-16(26)9-23(2,3)11-18(20)30-19-12-24(4,5)10-17(27)21(15)19/h14-15H,7-12H2,1-6H3. The van der Waals surface area contributed by atoms with Crippen molar-refractivity contribution in [1.82, 2.24) is 0 Å². The normalized spacial score (nSPS) is 24.1. The van der Waals surface area contributed by atoms with Gasteiger partial charge in [-0.05, 0) is 30.6 Å². The van der Waals surface area contributed by atoms with Gasteiger partial charge in [-0.25, -0.2) is 0 Å². The molecule has 0 spiro atoms. The number of ether oxygens (including phenoxy) is 2. The summed E-state index contributed by atoms with van der Waals surface area (Å²) in [5.41, 5.74) is 0.711. The number of hydrogen-bond donors (Lipinski definition) is 0. The van der Waals surface area contributed by atoms with E-state index in [-0.39, 0.29) is 34.6 Å². The Labute approximate surface area is 178 Å². The van der Waals surface area contributed by atoms with Gasteiger partial charge in [0.05, 0.1) is 7.11 Å². The second-order valence-corrected chi connectivity index (χ2v) is 10.5. The lowest BCUT2D eigenvalue weighted by molar-refractivity contribution is -0.149. The topological polar surface area (TPSA) is 86.7 Å². The van der Waals surface area contributed by atoms with E-state index in [0.717, 1.165) is 0 Å². The van der Waals surface area contributed by atoms with Crippen LogP contribution in [0, 0.1) is 22.7 Å². The SMILES string of the molecule is COC(=O)C(CCC1C2=C(CC(C)(C)CC2=O)OC2=C1C(=O)CC(C)(C)C2)C(C)=O. The molecule has 1 atom stereocenters. The number of ketones is 3. The number of carbonyl (C=O) groups excluding carboxylic acids is 4. The van der Waals surface area contributed by atoms with Crippen molar-refractivity contribution in [1.29, 1.82) is 0 Å². The molecule has 6 nitrogen and oxygen atoms in total. The highest BCUT2D eigenvalue weighted by atomic mass is 16.5. The van der Waals surface area contributed by atoms with E-state index < -0.39 is 17.8 Å². The van der Waals surface area contributed by atoms with Crippen molar-refractivity contribution >= 4 is 23.3 Å². The second kappa shape index (κ2) is 7.78. The van der Waals surface area contributed by atoms with Gasteiger partial charge in [0.25, 0.3) is 0 Å². The Morgan fingerprint density at radius 3 is 1.83 bits per heavy atom. The molecule has 2 aliphatic carbocycles. The lowest BCUT2D eigenvalue weighted by Crippen LogP contribution is -2.39. The number of rotatable bonds is 5. The monoisotopic (exact) mass is 416 g/mol. The fourth-order valence-electron chi connectivity index (χ4n) is 5.06. The lowest BCUT2D eigenvalue weighted by Gasteiger charge is -2.42. The molecule has 1 aliphatic heterocycles. The maximum atomic E-state index is 13.1. The van der Waals surface area contributed by atoms with Crippen LogP contribution >= 0.6 is 0 Å². The molecule has 0 saturated heterocycles. The molecule has 1 heterocycles. The van der Waals surface area contributed by atoms with Crippen LogP contribution in [0.15, 0.2) is 22.7 Å². The minimum Gasteiger partial charge on any atom is -0.468 e. The van der Waals surface area contributed by atoms with Crippen molar-refractivity contribution in [2.75, 3.05) is 7.11 Å². The van der Waals surface area contributed by atoms with Crippen LogP contribution in [-0.4, -0.2) is 30.4 Å². The van der Waals surface area contributed by atoms with Gasteiger partial charge in [-0.15, -0.1) is 0 Å². The first kappa shape index (κ1) is 22.4. The molecule has 1 unspecified atom stereocenters. The van der Waals surface area contributed by atoms with Gasteiger partial charge in [-0.1, -0.05) is 27.7 Å². The van der Waals surface area contributed by atoms with Crippen LogP contribution in [0.2, 0.25) is 0 Å². The van der Waals surface area contributed by atoms with Gasteiger partial charge >= 0.3 is 5.97 Å². The predicted molar refractivity (Wildman–Crippen MR) is 110 cm³/mol. The summed E-state index contributed by atoms with van der Waals surface area (Å²) in [5.74, 6) is -0.875. The number of allylic oxidation sites excluding steroid dienone is 4. The highest BCUT2D eigenvalue weighted by molar-refractivity contribution is 6.04. The molecular formula is C24H32O6. The predicted octanol–water partition coefficient (Wildman–Crippen LogP) is 4.08. The highest BCUT2D eigenvalue weighted by Gasteiger charge is 2.47. The fourth-order valence-corrected chi connectivity index (χ4v) is 5.06. The maximum Gasteiger partial charge on any atom is 0.316 e. The molecule has 0 fully saturated rings.